The highest BCUT2D eigenvalue weighted by atomic mass is 16.5. The van der Waals surface area contributed by atoms with Gasteiger partial charge in [-0.15, -0.1) is 0 Å². The van der Waals surface area contributed by atoms with E-state index in [9.17, 15) is 4.79 Å². The highest BCUT2D eigenvalue weighted by Crippen LogP contribution is 2.38. The van der Waals surface area contributed by atoms with Gasteiger partial charge in [0.1, 0.15) is 11.5 Å². The Labute approximate surface area is 136 Å². The minimum Gasteiger partial charge on any atom is -0.493 e. The lowest BCUT2D eigenvalue weighted by molar-refractivity contribution is -0.117. The number of benzene rings is 1. The monoisotopic (exact) mass is 304 g/mol. The highest BCUT2D eigenvalue weighted by molar-refractivity contribution is 5.75. The van der Waals surface area contributed by atoms with Gasteiger partial charge in [-0.2, -0.15) is 0 Å². The van der Waals surface area contributed by atoms with Crippen molar-refractivity contribution in [2.45, 2.75) is 78.6 Å². The first kappa shape index (κ1) is 18.7. The second kappa shape index (κ2) is 7.30. The summed E-state index contributed by atoms with van der Waals surface area (Å²) < 4.78 is 5.92. The summed E-state index contributed by atoms with van der Waals surface area (Å²) >= 11 is 0. The Morgan fingerprint density at radius 2 is 1.64 bits per heavy atom. The fraction of sp³-hybridized carbons (Fsp3) is 0.650. The number of rotatable bonds is 8. The number of hydrogen-bond donors (Lipinski definition) is 0. The third kappa shape index (κ3) is 4.59. The van der Waals surface area contributed by atoms with E-state index in [-0.39, 0.29) is 16.6 Å². The Balaban J connectivity index is 3.19. The minimum atomic E-state index is 0.0609. The van der Waals surface area contributed by atoms with Crippen LogP contribution in [0.15, 0.2) is 18.2 Å². The summed E-state index contributed by atoms with van der Waals surface area (Å²) in [5.41, 5.74) is 2.82. The van der Waals surface area contributed by atoms with Crippen LogP contribution >= 0.6 is 0 Å². The highest BCUT2D eigenvalue weighted by Gasteiger charge is 2.26. The van der Waals surface area contributed by atoms with Gasteiger partial charge < -0.3 is 4.74 Å². The lowest BCUT2D eigenvalue weighted by Crippen LogP contribution is -2.21. The summed E-state index contributed by atoms with van der Waals surface area (Å²) in [6, 6.07) is 6.55. The van der Waals surface area contributed by atoms with Crippen LogP contribution < -0.4 is 4.74 Å². The predicted molar refractivity (Wildman–Crippen MR) is 93.9 cm³/mol. The van der Waals surface area contributed by atoms with E-state index < -0.39 is 0 Å². The number of Topliss-reactive ketones (excluding diaryl/α,β-unsaturated/α-hetero) is 1. The molecule has 0 N–H and O–H groups in total. The van der Waals surface area contributed by atoms with E-state index in [1.54, 1.807) is 6.92 Å². The molecule has 0 fully saturated rings. The summed E-state index contributed by atoms with van der Waals surface area (Å²) in [5.74, 6) is 1.09. The van der Waals surface area contributed by atoms with Gasteiger partial charge in [-0.1, -0.05) is 53.7 Å². The van der Waals surface area contributed by atoms with E-state index in [0.29, 0.717) is 13.0 Å². The lowest BCUT2D eigenvalue weighted by atomic mass is 9.76. The molecule has 22 heavy (non-hydrogen) atoms. The molecule has 0 radical (unpaired) electrons. The first-order chi connectivity index (χ1) is 10.1. The van der Waals surface area contributed by atoms with Crippen molar-refractivity contribution in [2.24, 2.45) is 0 Å². The van der Waals surface area contributed by atoms with Crippen molar-refractivity contribution in [3.05, 3.63) is 29.3 Å². The van der Waals surface area contributed by atoms with Crippen LogP contribution in [-0.2, 0) is 15.6 Å². The van der Waals surface area contributed by atoms with Gasteiger partial charge in [0, 0.05) is 12.0 Å². The number of hydrogen-bond acceptors (Lipinski definition) is 2. The van der Waals surface area contributed by atoms with Crippen LogP contribution in [0.5, 0.6) is 5.75 Å². The van der Waals surface area contributed by atoms with Crippen molar-refractivity contribution >= 4 is 5.78 Å². The molecular formula is C20H32O2. The van der Waals surface area contributed by atoms with Crippen molar-refractivity contribution < 1.29 is 9.53 Å². The Morgan fingerprint density at radius 1 is 1.05 bits per heavy atom. The molecule has 0 atom stereocenters. The molecule has 0 spiro atoms. The second-order valence-corrected chi connectivity index (χ2v) is 7.49. The fourth-order valence-electron chi connectivity index (χ4n) is 2.30. The van der Waals surface area contributed by atoms with Crippen LogP contribution in [0.3, 0.4) is 0 Å². The molecule has 0 aromatic heterocycles. The van der Waals surface area contributed by atoms with Gasteiger partial charge in [-0.25, -0.2) is 0 Å². The average molecular weight is 304 g/mol. The summed E-state index contributed by atoms with van der Waals surface area (Å²) in [5, 5.41) is 0. The maximum atomic E-state index is 11.1. The molecule has 0 saturated heterocycles. The predicted octanol–water partition coefficient (Wildman–Crippen LogP) is 5.42. The quantitative estimate of drug-likeness (QED) is 0.641. The molecule has 0 amide bonds. The number of ketones is 1. The van der Waals surface area contributed by atoms with Crippen molar-refractivity contribution in [1.82, 2.24) is 0 Å². The smallest absolute Gasteiger partial charge is 0.133 e. The molecular weight excluding hydrogens is 272 g/mol. The van der Waals surface area contributed by atoms with Gasteiger partial charge >= 0.3 is 0 Å². The molecule has 0 aliphatic rings. The van der Waals surface area contributed by atoms with Crippen LogP contribution in [0.4, 0.5) is 0 Å². The van der Waals surface area contributed by atoms with E-state index in [0.717, 1.165) is 18.6 Å². The average Bonchev–Trinajstić information content (AvgIpc) is 2.46. The van der Waals surface area contributed by atoms with E-state index in [1.165, 1.54) is 11.1 Å². The van der Waals surface area contributed by atoms with Crippen LogP contribution in [0.2, 0.25) is 0 Å². The third-order valence-electron chi connectivity index (χ3n) is 4.97. The molecule has 124 valence electrons. The summed E-state index contributed by atoms with van der Waals surface area (Å²) in [4.78, 5) is 11.1. The van der Waals surface area contributed by atoms with E-state index in [4.69, 9.17) is 4.74 Å². The van der Waals surface area contributed by atoms with Crippen LogP contribution in [0, 0.1) is 0 Å². The molecule has 0 heterocycles. The summed E-state index contributed by atoms with van der Waals surface area (Å²) in [6.45, 7) is 15.6. The van der Waals surface area contributed by atoms with Gasteiger partial charge in [0.05, 0.1) is 6.61 Å². The Morgan fingerprint density at radius 3 is 2.14 bits per heavy atom. The molecule has 2 nitrogen and oxygen atoms in total. The van der Waals surface area contributed by atoms with Crippen molar-refractivity contribution in [3.63, 3.8) is 0 Å². The third-order valence-corrected chi connectivity index (χ3v) is 4.97. The summed E-state index contributed by atoms with van der Waals surface area (Å²) in [6.07, 6.45) is 2.61. The van der Waals surface area contributed by atoms with Gasteiger partial charge in [0.25, 0.3) is 0 Å². The zero-order valence-electron chi connectivity index (χ0n) is 15.4. The normalized spacial score (nSPS) is 12.3. The Bertz CT molecular complexity index is 512. The van der Waals surface area contributed by atoms with E-state index in [2.05, 4.69) is 59.7 Å². The van der Waals surface area contributed by atoms with Crippen molar-refractivity contribution in [3.8, 4) is 5.75 Å². The molecule has 1 aromatic carbocycles. The zero-order chi connectivity index (χ0) is 17.0. The number of carbonyl (C=O) groups excluding carboxylic acids is 1. The van der Waals surface area contributed by atoms with Crippen LogP contribution in [0.25, 0.3) is 0 Å². The van der Waals surface area contributed by atoms with E-state index in [1.807, 2.05) is 0 Å². The molecule has 0 aliphatic heterocycles. The zero-order valence-corrected chi connectivity index (χ0v) is 15.4. The summed E-state index contributed by atoms with van der Waals surface area (Å²) in [7, 11) is 0. The molecule has 1 rings (SSSR count). The first-order valence-electron chi connectivity index (χ1n) is 8.41. The van der Waals surface area contributed by atoms with E-state index >= 15 is 0 Å². The second-order valence-electron chi connectivity index (χ2n) is 7.49. The maximum Gasteiger partial charge on any atom is 0.133 e. The number of ether oxygens (including phenoxy) is 1. The molecule has 0 bridgehead atoms. The van der Waals surface area contributed by atoms with Gasteiger partial charge in [0.15, 0.2) is 0 Å². The SMILES string of the molecule is CCC(C)(C)c1ccc(OCCC(C)=O)c(C(C)(C)CC)c1. The van der Waals surface area contributed by atoms with Gasteiger partial charge in [0.2, 0.25) is 0 Å². The van der Waals surface area contributed by atoms with Gasteiger partial charge in [-0.3, -0.25) is 4.79 Å². The molecule has 2 heteroatoms. The standard InChI is InChI=1S/C20H32O2/c1-8-19(4,5)16-10-11-18(22-13-12-15(3)21)17(14-16)20(6,7)9-2/h10-11,14H,8-9,12-13H2,1-7H3. The molecule has 1 aromatic rings. The molecule has 0 aliphatic carbocycles. The number of carbonyl (C=O) groups is 1. The topological polar surface area (TPSA) is 26.3 Å². The first-order valence-corrected chi connectivity index (χ1v) is 8.41. The van der Waals surface area contributed by atoms with Crippen molar-refractivity contribution in [2.75, 3.05) is 6.61 Å². The Kier molecular flexibility index (Phi) is 6.22. The fourth-order valence-corrected chi connectivity index (χ4v) is 2.30. The Hall–Kier alpha value is -1.31. The molecule has 0 saturated carbocycles. The van der Waals surface area contributed by atoms with Crippen LogP contribution in [0.1, 0.15) is 78.9 Å². The maximum absolute atomic E-state index is 11.1. The van der Waals surface area contributed by atoms with Crippen molar-refractivity contribution in [1.29, 1.82) is 0 Å². The molecule has 0 unspecified atom stereocenters. The van der Waals surface area contributed by atoms with Gasteiger partial charge in [-0.05, 0) is 42.2 Å². The lowest BCUT2D eigenvalue weighted by Gasteiger charge is -2.30. The van der Waals surface area contributed by atoms with Crippen LogP contribution in [-0.4, -0.2) is 12.4 Å². The minimum absolute atomic E-state index is 0.0609. The largest absolute Gasteiger partial charge is 0.493 e.